The highest BCUT2D eigenvalue weighted by Crippen LogP contribution is 2.42. The first-order chi connectivity index (χ1) is 7.31. The van der Waals surface area contributed by atoms with Gasteiger partial charge in [0.2, 0.25) is 0 Å². The fraction of sp³-hybridized carbons (Fsp3) is 0.417. The van der Waals surface area contributed by atoms with Crippen LogP contribution in [0.15, 0.2) is 12.1 Å². The van der Waals surface area contributed by atoms with Gasteiger partial charge in [0, 0.05) is 5.56 Å². The van der Waals surface area contributed by atoms with Gasteiger partial charge in [0.25, 0.3) is 0 Å². The summed E-state index contributed by atoms with van der Waals surface area (Å²) < 4.78 is 10.6. The van der Waals surface area contributed by atoms with Gasteiger partial charge < -0.3 is 9.47 Å². The first kappa shape index (κ1) is 9.85. The number of nitrogens with zero attached hydrogens (tertiary/aromatic N) is 1. The first-order valence-corrected chi connectivity index (χ1v) is 4.95. The maximum absolute atomic E-state index is 8.98. The van der Waals surface area contributed by atoms with Crippen LogP contribution in [0.2, 0.25) is 0 Å². The van der Waals surface area contributed by atoms with E-state index in [0.29, 0.717) is 0 Å². The van der Waals surface area contributed by atoms with Crippen molar-refractivity contribution in [1.82, 2.24) is 0 Å². The van der Waals surface area contributed by atoms with Gasteiger partial charge >= 0.3 is 0 Å². The second-order valence-corrected chi connectivity index (χ2v) is 3.59. The Hall–Kier alpha value is -1.69. The van der Waals surface area contributed by atoms with E-state index in [4.69, 9.17) is 14.7 Å². The Morgan fingerprint density at radius 3 is 2.73 bits per heavy atom. The van der Waals surface area contributed by atoms with Crippen LogP contribution in [0.4, 0.5) is 0 Å². The molecular weight excluding hydrogens is 190 g/mol. The van der Waals surface area contributed by atoms with Crippen molar-refractivity contribution >= 4 is 0 Å². The van der Waals surface area contributed by atoms with Gasteiger partial charge in [0.05, 0.1) is 26.2 Å². The molecule has 0 fully saturated rings. The van der Waals surface area contributed by atoms with Crippen LogP contribution in [0.1, 0.15) is 23.5 Å². The first-order valence-electron chi connectivity index (χ1n) is 4.95. The lowest BCUT2D eigenvalue weighted by atomic mass is 10.0. The zero-order valence-corrected chi connectivity index (χ0v) is 8.91. The van der Waals surface area contributed by atoms with Crippen molar-refractivity contribution in [3.05, 3.63) is 23.3 Å². The molecule has 1 aliphatic rings. The Morgan fingerprint density at radius 1 is 1.33 bits per heavy atom. The average Bonchev–Trinajstić information content (AvgIpc) is 2.70. The standard InChI is InChI=1S/C12H13NO2/c1-14-11-6-5-9-8(7-13)3-4-10(9)12(11)15-2/h5-6,8H,3-4H2,1-2H3. The van der Waals surface area contributed by atoms with E-state index < -0.39 is 0 Å². The quantitative estimate of drug-likeness (QED) is 0.740. The lowest BCUT2D eigenvalue weighted by molar-refractivity contribution is 0.352. The summed E-state index contributed by atoms with van der Waals surface area (Å²) in [6, 6.07) is 6.15. The van der Waals surface area contributed by atoms with Gasteiger partial charge in [-0.15, -0.1) is 0 Å². The summed E-state index contributed by atoms with van der Waals surface area (Å²) in [5.41, 5.74) is 2.22. The molecule has 78 valence electrons. The number of hydrogen-bond acceptors (Lipinski definition) is 3. The van der Waals surface area contributed by atoms with E-state index in [2.05, 4.69) is 6.07 Å². The molecule has 0 spiro atoms. The van der Waals surface area contributed by atoms with Crippen LogP contribution < -0.4 is 9.47 Å². The summed E-state index contributed by atoms with van der Waals surface area (Å²) in [7, 11) is 3.26. The Balaban J connectivity index is 2.54. The summed E-state index contributed by atoms with van der Waals surface area (Å²) in [5, 5.41) is 8.98. The largest absolute Gasteiger partial charge is 0.493 e. The topological polar surface area (TPSA) is 42.2 Å². The van der Waals surface area contributed by atoms with Crippen molar-refractivity contribution in [1.29, 1.82) is 5.26 Å². The van der Waals surface area contributed by atoms with Gasteiger partial charge in [-0.05, 0) is 24.5 Å². The minimum absolute atomic E-state index is 0.0137. The summed E-state index contributed by atoms with van der Waals surface area (Å²) >= 11 is 0. The zero-order valence-electron chi connectivity index (χ0n) is 8.91. The maximum Gasteiger partial charge on any atom is 0.164 e. The van der Waals surface area contributed by atoms with Crippen LogP contribution in [0.25, 0.3) is 0 Å². The molecule has 0 saturated heterocycles. The van der Waals surface area contributed by atoms with Crippen LogP contribution in [-0.2, 0) is 6.42 Å². The molecule has 1 aromatic carbocycles. The number of methoxy groups -OCH3 is 2. The molecule has 1 atom stereocenters. The monoisotopic (exact) mass is 203 g/mol. The van der Waals surface area contributed by atoms with E-state index in [1.54, 1.807) is 14.2 Å². The smallest absolute Gasteiger partial charge is 0.164 e. The highest BCUT2D eigenvalue weighted by Gasteiger charge is 2.26. The number of benzene rings is 1. The molecule has 0 amide bonds. The van der Waals surface area contributed by atoms with E-state index in [-0.39, 0.29) is 5.92 Å². The number of fused-ring (bicyclic) bond motifs is 1. The number of nitriles is 1. The van der Waals surface area contributed by atoms with Crippen molar-refractivity contribution in [3.8, 4) is 17.6 Å². The van der Waals surface area contributed by atoms with Gasteiger partial charge in [0.15, 0.2) is 11.5 Å². The van der Waals surface area contributed by atoms with Crippen molar-refractivity contribution in [3.63, 3.8) is 0 Å². The highest BCUT2D eigenvalue weighted by atomic mass is 16.5. The third-order valence-electron chi connectivity index (χ3n) is 2.90. The Labute approximate surface area is 89.2 Å². The average molecular weight is 203 g/mol. The third kappa shape index (κ3) is 1.42. The van der Waals surface area contributed by atoms with Crippen LogP contribution in [0.3, 0.4) is 0 Å². The number of rotatable bonds is 2. The molecule has 0 bridgehead atoms. The highest BCUT2D eigenvalue weighted by molar-refractivity contribution is 5.55. The van der Waals surface area contributed by atoms with Crippen LogP contribution >= 0.6 is 0 Å². The zero-order chi connectivity index (χ0) is 10.8. The Morgan fingerprint density at radius 2 is 2.13 bits per heavy atom. The number of hydrogen-bond donors (Lipinski definition) is 0. The third-order valence-corrected chi connectivity index (χ3v) is 2.90. The predicted octanol–water partition coefficient (Wildman–Crippen LogP) is 2.26. The molecule has 3 heteroatoms. The maximum atomic E-state index is 8.98. The van der Waals surface area contributed by atoms with Crippen LogP contribution in [0.5, 0.6) is 11.5 Å². The van der Waals surface area contributed by atoms with Gasteiger partial charge in [-0.2, -0.15) is 5.26 Å². The normalized spacial score (nSPS) is 18.1. The van der Waals surface area contributed by atoms with Gasteiger partial charge in [0.1, 0.15) is 0 Å². The van der Waals surface area contributed by atoms with Crippen molar-refractivity contribution in [2.75, 3.05) is 14.2 Å². The van der Waals surface area contributed by atoms with E-state index in [9.17, 15) is 0 Å². The van der Waals surface area contributed by atoms with Crippen molar-refractivity contribution in [2.24, 2.45) is 0 Å². The Bertz CT molecular complexity index is 420. The molecule has 0 saturated carbocycles. The summed E-state index contributed by atoms with van der Waals surface area (Å²) in [6.45, 7) is 0. The molecule has 15 heavy (non-hydrogen) atoms. The fourth-order valence-electron chi connectivity index (χ4n) is 2.17. The molecule has 0 N–H and O–H groups in total. The predicted molar refractivity (Wildman–Crippen MR) is 56.2 cm³/mol. The molecule has 0 radical (unpaired) electrons. The molecule has 0 heterocycles. The molecule has 0 aliphatic heterocycles. The van der Waals surface area contributed by atoms with E-state index in [1.165, 1.54) is 0 Å². The second-order valence-electron chi connectivity index (χ2n) is 3.59. The SMILES string of the molecule is COc1ccc2c(c1OC)CCC2C#N. The lowest BCUT2D eigenvalue weighted by Crippen LogP contribution is -1.96. The minimum atomic E-state index is 0.0137. The molecule has 1 aliphatic carbocycles. The van der Waals surface area contributed by atoms with Gasteiger partial charge in [-0.1, -0.05) is 6.07 Å². The molecule has 1 unspecified atom stereocenters. The van der Waals surface area contributed by atoms with Crippen molar-refractivity contribution in [2.45, 2.75) is 18.8 Å². The summed E-state index contributed by atoms with van der Waals surface area (Å²) in [4.78, 5) is 0. The molecular formula is C12H13NO2. The molecule has 2 rings (SSSR count). The summed E-state index contributed by atoms with van der Waals surface area (Å²) in [5.74, 6) is 1.54. The molecule has 3 nitrogen and oxygen atoms in total. The van der Waals surface area contributed by atoms with Crippen molar-refractivity contribution < 1.29 is 9.47 Å². The van der Waals surface area contributed by atoms with E-state index in [0.717, 1.165) is 35.5 Å². The molecule has 0 aromatic heterocycles. The van der Waals surface area contributed by atoms with Crippen LogP contribution in [0, 0.1) is 11.3 Å². The number of ether oxygens (including phenoxy) is 2. The van der Waals surface area contributed by atoms with Gasteiger partial charge in [-0.25, -0.2) is 0 Å². The lowest BCUT2D eigenvalue weighted by Gasteiger charge is -2.12. The second kappa shape index (κ2) is 3.82. The minimum Gasteiger partial charge on any atom is -0.493 e. The summed E-state index contributed by atoms with van der Waals surface area (Å²) in [6.07, 6.45) is 1.78. The fourth-order valence-corrected chi connectivity index (χ4v) is 2.17. The van der Waals surface area contributed by atoms with Crippen LogP contribution in [-0.4, -0.2) is 14.2 Å². The van der Waals surface area contributed by atoms with Gasteiger partial charge in [-0.3, -0.25) is 0 Å². The van der Waals surface area contributed by atoms with E-state index >= 15 is 0 Å². The van der Waals surface area contributed by atoms with E-state index in [1.807, 2.05) is 12.1 Å². The Kier molecular flexibility index (Phi) is 2.51. The molecule has 1 aromatic rings.